The molecule has 0 fully saturated rings. The number of non-ortho nitro benzene ring substituents is 1. The van der Waals surface area contributed by atoms with Crippen molar-refractivity contribution in [2.24, 2.45) is 0 Å². The lowest BCUT2D eigenvalue weighted by Crippen LogP contribution is -2.41. The minimum atomic E-state index is -3.91. The number of hydrogen-bond donors (Lipinski definition) is 0. The molecule has 2 aromatic carbocycles. The van der Waals surface area contributed by atoms with Crippen LogP contribution in [0.4, 0.5) is 11.4 Å². The van der Waals surface area contributed by atoms with Gasteiger partial charge in [0.15, 0.2) is 0 Å². The largest absolute Gasteiger partial charge is 0.270 e. The molecule has 1 aliphatic rings. The van der Waals surface area contributed by atoms with Gasteiger partial charge in [-0.05, 0) is 41.7 Å². The van der Waals surface area contributed by atoms with Gasteiger partial charge in [0.1, 0.15) is 0 Å². The standard InChI is InChI=1S/C17H17ClN2O4S/c1-17(2)8-9-19(16-7-6-12(18)10-15(16)17)25(23,24)14-5-3-4-13(11-14)20(21)22/h3-7,10-11H,8-9H2,1-2H3. The van der Waals surface area contributed by atoms with Crippen LogP contribution in [0.25, 0.3) is 0 Å². The van der Waals surface area contributed by atoms with Gasteiger partial charge in [-0.15, -0.1) is 0 Å². The van der Waals surface area contributed by atoms with E-state index in [1.807, 2.05) is 13.8 Å². The number of benzene rings is 2. The Labute approximate surface area is 151 Å². The number of nitrogens with zero attached hydrogens (tertiary/aromatic N) is 2. The first-order chi connectivity index (χ1) is 11.6. The molecular formula is C17H17ClN2O4S. The molecule has 0 bridgehead atoms. The van der Waals surface area contributed by atoms with Gasteiger partial charge in [-0.2, -0.15) is 0 Å². The van der Waals surface area contributed by atoms with Gasteiger partial charge in [-0.3, -0.25) is 14.4 Å². The third-order valence-corrected chi connectivity index (χ3v) is 6.56. The molecular weight excluding hydrogens is 364 g/mol. The summed E-state index contributed by atoms with van der Waals surface area (Å²) in [5, 5.41) is 11.5. The highest BCUT2D eigenvalue weighted by Crippen LogP contribution is 2.43. The van der Waals surface area contributed by atoms with E-state index in [2.05, 4.69) is 0 Å². The smallest absolute Gasteiger partial charge is 0.266 e. The van der Waals surface area contributed by atoms with E-state index in [1.165, 1.54) is 22.5 Å². The van der Waals surface area contributed by atoms with Crippen molar-refractivity contribution in [2.75, 3.05) is 10.8 Å². The van der Waals surface area contributed by atoms with Crippen molar-refractivity contribution in [1.29, 1.82) is 0 Å². The van der Waals surface area contributed by atoms with E-state index >= 15 is 0 Å². The molecule has 0 N–H and O–H groups in total. The van der Waals surface area contributed by atoms with Crippen LogP contribution in [0, 0.1) is 10.1 Å². The molecule has 0 saturated heterocycles. The van der Waals surface area contributed by atoms with Crippen molar-refractivity contribution < 1.29 is 13.3 Å². The molecule has 0 aliphatic carbocycles. The van der Waals surface area contributed by atoms with Crippen LogP contribution in [0.1, 0.15) is 25.8 Å². The average Bonchev–Trinajstić information content (AvgIpc) is 2.55. The summed E-state index contributed by atoms with van der Waals surface area (Å²) < 4.78 is 27.5. The molecule has 0 radical (unpaired) electrons. The van der Waals surface area contributed by atoms with E-state index in [-0.39, 0.29) is 16.0 Å². The first-order valence-electron chi connectivity index (χ1n) is 7.70. The van der Waals surface area contributed by atoms with Crippen molar-refractivity contribution in [1.82, 2.24) is 0 Å². The Kier molecular flexibility index (Phi) is 4.25. The molecule has 0 saturated carbocycles. The maximum Gasteiger partial charge on any atom is 0.270 e. The van der Waals surface area contributed by atoms with Gasteiger partial charge in [-0.25, -0.2) is 8.42 Å². The van der Waals surface area contributed by atoms with Crippen molar-refractivity contribution in [3.8, 4) is 0 Å². The first kappa shape index (κ1) is 17.7. The van der Waals surface area contributed by atoms with Crippen molar-refractivity contribution >= 4 is 33.0 Å². The maximum atomic E-state index is 13.1. The number of nitro groups is 1. The van der Waals surface area contributed by atoms with Crippen molar-refractivity contribution in [2.45, 2.75) is 30.6 Å². The Balaban J connectivity index is 2.13. The lowest BCUT2D eigenvalue weighted by Gasteiger charge is -2.39. The van der Waals surface area contributed by atoms with Gasteiger partial charge in [0.2, 0.25) is 0 Å². The van der Waals surface area contributed by atoms with Crippen LogP contribution >= 0.6 is 11.6 Å². The second-order valence-corrected chi connectivity index (χ2v) is 8.93. The summed E-state index contributed by atoms with van der Waals surface area (Å²) >= 11 is 6.10. The van der Waals surface area contributed by atoms with E-state index in [0.717, 1.165) is 11.6 Å². The van der Waals surface area contributed by atoms with Gasteiger partial charge in [0.25, 0.3) is 15.7 Å². The normalized spacial score (nSPS) is 16.4. The molecule has 0 spiro atoms. The summed E-state index contributed by atoms with van der Waals surface area (Å²) in [7, 11) is -3.91. The highest BCUT2D eigenvalue weighted by molar-refractivity contribution is 7.92. The predicted octanol–water partition coefficient (Wildman–Crippen LogP) is 4.12. The quantitative estimate of drug-likeness (QED) is 0.592. The fraction of sp³-hybridized carbons (Fsp3) is 0.294. The van der Waals surface area contributed by atoms with Gasteiger partial charge in [0, 0.05) is 23.7 Å². The average molecular weight is 381 g/mol. The van der Waals surface area contributed by atoms with Gasteiger partial charge in [0.05, 0.1) is 15.5 Å². The third-order valence-electron chi connectivity index (χ3n) is 4.51. The highest BCUT2D eigenvalue weighted by Gasteiger charge is 2.37. The number of rotatable bonds is 3. The molecule has 1 aliphatic heterocycles. The zero-order chi connectivity index (χ0) is 18.4. The molecule has 0 amide bonds. The van der Waals surface area contributed by atoms with E-state index in [1.54, 1.807) is 18.2 Å². The number of halogens is 1. The van der Waals surface area contributed by atoms with E-state index in [0.29, 0.717) is 23.7 Å². The summed E-state index contributed by atoms with van der Waals surface area (Å²) in [5.41, 5.74) is 0.941. The zero-order valence-electron chi connectivity index (χ0n) is 13.8. The maximum absolute atomic E-state index is 13.1. The Bertz CT molecular complexity index is 957. The zero-order valence-corrected chi connectivity index (χ0v) is 15.3. The van der Waals surface area contributed by atoms with E-state index < -0.39 is 14.9 Å². The topological polar surface area (TPSA) is 80.5 Å². The van der Waals surface area contributed by atoms with Gasteiger partial charge in [-0.1, -0.05) is 31.5 Å². The van der Waals surface area contributed by atoms with Crippen LogP contribution in [0.3, 0.4) is 0 Å². The third kappa shape index (κ3) is 3.09. The Morgan fingerprint density at radius 1 is 1.20 bits per heavy atom. The fourth-order valence-electron chi connectivity index (χ4n) is 3.04. The lowest BCUT2D eigenvalue weighted by molar-refractivity contribution is -0.385. The van der Waals surface area contributed by atoms with Crippen LogP contribution < -0.4 is 4.31 Å². The molecule has 0 aromatic heterocycles. The molecule has 8 heteroatoms. The molecule has 0 unspecified atom stereocenters. The second kappa shape index (κ2) is 6.00. The molecule has 2 aromatic rings. The monoisotopic (exact) mass is 380 g/mol. The molecule has 132 valence electrons. The number of nitro benzene ring substituents is 1. The predicted molar refractivity (Wildman–Crippen MR) is 96.7 cm³/mol. The SMILES string of the molecule is CC1(C)CCN(S(=O)(=O)c2cccc([N+](=O)[O-])c2)c2ccc(Cl)cc21. The summed E-state index contributed by atoms with van der Waals surface area (Å²) in [5.74, 6) is 0. The number of sulfonamides is 1. The van der Waals surface area contributed by atoms with Crippen LogP contribution in [-0.2, 0) is 15.4 Å². The Morgan fingerprint density at radius 2 is 1.92 bits per heavy atom. The van der Waals surface area contributed by atoms with Gasteiger partial charge >= 0.3 is 0 Å². The van der Waals surface area contributed by atoms with Gasteiger partial charge < -0.3 is 0 Å². The molecule has 3 rings (SSSR count). The van der Waals surface area contributed by atoms with E-state index in [4.69, 9.17) is 11.6 Å². The van der Waals surface area contributed by atoms with Crippen molar-refractivity contribution in [3.63, 3.8) is 0 Å². The lowest BCUT2D eigenvalue weighted by atomic mass is 9.78. The van der Waals surface area contributed by atoms with Crippen LogP contribution in [0.15, 0.2) is 47.4 Å². The minimum absolute atomic E-state index is 0.0951. The van der Waals surface area contributed by atoms with Crippen LogP contribution in [0.2, 0.25) is 5.02 Å². The van der Waals surface area contributed by atoms with Crippen LogP contribution in [0.5, 0.6) is 0 Å². The highest BCUT2D eigenvalue weighted by atomic mass is 35.5. The van der Waals surface area contributed by atoms with E-state index in [9.17, 15) is 18.5 Å². The number of fused-ring (bicyclic) bond motifs is 1. The molecule has 1 heterocycles. The number of hydrogen-bond acceptors (Lipinski definition) is 4. The number of anilines is 1. The fourth-order valence-corrected chi connectivity index (χ4v) is 4.74. The molecule has 6 nitrogen and oxygen atoms in total. The van der Waals surface area contributed by atoms with Crippen molar-refractivity contribution in [3.05, 3.63) is 63.2 Å². The van der Waals surface area contributed by atoms with Crippen LogP contribution in [-0.4, -0.2) is 19.9 Å². The molecule has 25 heavy (non-hydrogen) atoms. The molecule has 0 atom stereocenters. The summed E-state index contributed by atoms with van der Waals surface area (Å²) in [6.45, 7) is 4.38. The summed E-state index contributed by atoms with van der Waals surface area (Å²) in [4.78, 5) is 10.3. The Hall–Kier alpha value is -2.12. The summed E-state index contributed by atoms with van der Waals surface area (Å²) in [6.07, 6.45) is 0.620. The second-order valence-electron chi connectivity index (χ2n) is 6.63. The summed E-state index contributed by atoms with van der Waals surface area (Å²) in [6, 6.07) is 10.2. The first-order valence-corrected chi connectivity index (χ1v) is 9.52. The Morgan fingerprint density at radius 3 is 2.60 bits per heavy atom. The minimum Gasteiger partial charge on any atom is -0.266 e.